The second-order valence-electron chi connectivity index (χ2n) is 4.39. The zero-order valence-corrected chi connectivity index (χ0v) is 11.5. The highest BCUT2D eigenvalue weighted by Gasteiger charge is 2.19. The minimum atomic E-state index is -0.0369. The summed E-state index contributed by atoms with van der Waals surface area (Å²) in [5.41, 5.74) is 6.20. The van der Waals surface area contributed by atoms with Crippen molar-refractivity contribution >= 4 is 11.3 Å². The fraction of sp³-hybridized carbons (Fsp3) is 0.692. The first-order valence-electron chi connectivity index (χ1n) is 6.20. The molecule has 0 aliphatic carbocycles. The third kappa shape index (κ3) is 3.89. The van der Waals surface area contributed by atoms with E-state index in [1.807, 2.05) is 11.3 Å². The van der Waals surface area contributed by atoms with E-state index in [4.69, 9.17) is 5.73 Å². The second-order valence-corrected chi connectivity index (χ2v) is 5.65. The largest absolute Gasteiger partial charge is 0.324 e. The van der Waals surface area contributed by atoms with E-state index in [9.17, 15) is 0 Å². The lowest BCUT2D eigenvalue weighted by Crippen LogP contribution is -2.47. The second kappa shape index (κ2) is 6.38. The van der Waals surface area contributed by atoms with Gasteiger partial charge in [0.15, 0.2) is 0 Å². The molecule has 1 aromatic heterocycles. The molecule has 16 heavy (non-hydrogen) atoms. The van der Waals surface area contributed by atoms with Crippen LogP contribution >= 0.6 is 11.3 Å². The summed E-state index contributed by atoms with van der Waals surface area (Å²) in [5, 5.41) is 3.47. The zero-order chi connectivity index (χ0) is 12.0. The summed E-state index contributed by atoms with van der Waals surface area (Å²) in [6.45, 7) is 8.36. The molecule has 0 aliphatic rings. The molecule has 0 saturated heterocycles. The maximum atomic E-state index is 6.23. The molecule has 0 aromatic carbocycles. The van der Waals surface area contributed by atoms with Crippen LogP contribution in [0.3, 0.4) is 0 Å². The van der Waals surface area contributed by atoms with Gasteiger partial charge in [-0.05, 0) is 31.4 Å². The van der Waals surface area contributed by atoms with Gasteiger partial charge in [0.05, 0.1) is 0 Å². The molecule has 3 N–H and O–H groups in total. The first kappa shape index (κ1) is 13.7. The summed E-state index contributed by atoms with van der Waals surface area (Å²) in [4.78, 5) is 2.87. The molecule has 2 nitrogen and oxygen atoms in total. The minimum Gasteiger partial charge on any atom is -0.324 e. The van der Waals surface area contributed by atoms with Crippen molar-refractivity contribution < 1.29 is 0 Å². The predicted octanol–water partition coefficient (Wildman–Crippen LogP) is 2.92. The molecule has 92 valence electrons. The van der Waals surface area contributed by atoms with E-state index in [1.54, 1.807) is 0 Å². The summed E-state index contributed by atoms with van der Waals surface area (Å²) in [6.07, 6.45) is 3.19. The van der Waals surface area contributed by atoms with Crippen molar-refractivity contribution in [2.45, 2.75) is 52.1 Å². The molecule has 0 unspecified atom stereocenters. The number of hydrogen-bond donors (Lipinski definition) is 2. The van der Waals surface area contributed by atoms with Crippen LogP contribution in [0.25, 0.3) is 0 Å². The van der Waals surface area contributed by atoms with Crippen molar-refractivity contribution in [3.05, 3.63) is 21.9 Å². The maximum Gasteiger partial charge on any atom is 0.0300 e. The molecule has 0 bridgehead atoms. The molecule has 0 amide bonds. The Morgan fingerprint density at radius 3 is 2.31 bits per heavy atom. The third-order valence-corrected chi connectivity index (χ3v) is 4.48. The van der Waals surface area contributed by atoms with Gasteiger partial charge in [0.2, 0.25) is 0 Å². The van der Waals surface area contributed by atoms with Crippen molar-refractivity contribution in [3.8, 4) is 0 Å². The van der Waals surface area contributed by atoms with Gasteiger partial charge in [-0.25, -0.2) is 0 Å². The molecule has 1 heterocycles. The first-order chi connectivity index (χ1) is 7.63. The Bertz CT molecular complexity index is 303. The molecule has 3 heteroatoms. The number of thiophene rings is 1. The zero-order valence-electron chi connectivity index (χ0n) is 10.7. The molecule has 0 radical (unpaired) electrons. The van der Waals surface area contributed by atoms with E-state index in [2.05, 4.69) is 38.2 Å². The van der Waals surface area contributed by atoms with Gasteiger partial charge >= 0.3 is 0 Å². The van der Waals surface area contributed by atoms with Crippen LogP contribution in [0.1, 0.15) is 43.4 Å². The van der Waals surface area contributed by atoms with Crippen LogP contribution in [-0.4, -0.2) is 12.1 Å². The van der Waals surface area contributed by atoms with E-state index in [1.165, 1.54) is 9.75 Å². The molecule has 1 aromatic rings. The topological polar surface area (TPSA) is 38.0 Å². The third-order valence-electron chi connectivity index (χ3n) is 3.25. The lowest BCUT2D eigenvalue weighted by molar-refractivity contribution is 0.370. The van der Waals surface area contributed by atoms with Gasteiger partial charge in [0, 0.05) is 28.4 Å². The Hall–Kier alpha value is -0.380. The summed E-state index contributed by atoms with van der Waals surface area (Å²) in [7, 11) is 0. The number of aryl methyl sites for hydroxylation is 1. The van der Waals surface area contributed by atoms with Crippen LogP contribution in [0.5, 0.6) is 0 Å². The van der Waals surface area contributed by atoms with Gasteiger partial charge in [0.1, 0.15) is 0 Å². The molecule has 0 aliphatic heterocycles. The normalized spacial score (nSPS) is 12.0. The number of rotatable bonds is 7. The lowest BCUT2D eigenvalue weighted by Gasteiger charge is -2.26. The van der Waals surface area contributed by atoms with Crippen LogP contribution < -0.4 is 11.1 Å². The Labute approximate surface area is 103 Å². The Morgan fingerprint density at radius 2 is 1.81 bits per heavy atom. The van der Waals surface area contributed by atoms with Crippen molar-refractivity contribution in [1.82, 2.24) is 5.32 Å². The molecule has 1 rings (SSSR count). The van der Waals surface area contributed by atoms with Gasteiger partial charge in [-0.3, -0.25) is 0 Å². The monoisotopic (exact) mass is 240 g/mol. The van der Waals surface area contributed by atoms with E-state index in [0.717, 1.165) is 32.4 Å². The van der Waals surface area contributed by atoms with Crippen LogP contribution in [-0.2, 0) is 13.0 Å². The van der Waals surface area contributed by atoms with Gasteiger partial charge < -0.3 is 11.1 Å². The molecule has 0 spiro atoms. The van der Waals surface area contributed by atoms with Crippen LogP contribution in [0.15, 0.2) is 12.1 Å². The Kier molecular flexibility index (Phi) is 5.46. The van der Waals surface area contributed by atoms with Gasteiger partial charge in [-0.2, -0.15) is 0 Å². The molecular formula is C13H24N2S. The number of hydrogen-bond acceptors (Lipinski definition) is 3. The molecular weight excluding hydrogens is 216 g/mol. The van der Waals surface area contributed by atoms with Crippen molar-refractivity contribution in [3.63, 3.8) is 0 Å². The standard InChI is InChI=1S/C13H24N2S/c1-4-11-7-8-12(16-11)9-15-10-13(14,5-2)6-3/h7-8,15H,4-6,9-10,14H2,1-3H3. The fourth-order valence-electron chi connectivity index (χ4n) is 1.64. The molecule has 0 atom stereocenters. The SMILES string of the molecule is CCc1ccc(CNCC(N)(CC)CC)s1. The fourth-order valence-corrected chi connectivity index (χ4v) is 2.57. The average Bonchev–Trinajstić information content (AvgIpc) is 2.77. The van der Waals surface area contributed by atoms with Crippen molar-refractivity contribution in [2.24, 2.45) is 5.73 Å². The van der Waals surface area contributed by atoms with E-state index in [-0.39, 0.29) is 5.54 Å². The summed E-state index contributed by atoms with van der Waals surface area (Å²) < 4.78 is 0. The molecule has 0 fully saturated rings. The van der Waals surface area contributed by atoms with E-state index in [0.29, 0.717) is 0 Å². The first-order valence-corrected chi connectivity index (χ1v) is 7.02. The van der Waals surface area contributed by atoms with E-state index < -0.39 is 0 Å². The quantitative estimate of drug-likeness (QED) is 0.769. The predicted molar refractivity (Wildman–Crippen MR) is 72.9 cm³/mol. The highest BCUT2D eigenvalue weighted by Crippen LogP contribution is 2.17. The highest BCUT2D eigenvalue weighted by atomic mass is 32.1. The molecule has 0 saturated carbocycles. The van der Waals surface area contributed by atoms with Crippen LogP contribution in [0.4, 0.5) is 0 Å². The Morgan fingerprint density at radius 1 is 1.19 bits per heavy atom. The van der Waals surface area contributed by atoms with Gasteiger partial charge in [-0.15, -0.1) is 11.3 Å². The van der Waals surface area contributed by atoms with Gasteiger partial charge in [0.25, 0.3) is 0 Å². The van der Waals surface area contributed by atoms with E-state index >= 15 is 0 Å². The van der Waals surface area contributed by atoms with Gasteiger partial charge in [-0.1, -0.05) is 20.8 Å². The summed E-state index contributed by atoms with van der Waals surface area (Å²) in [6, 6.07) is 4.43. The summed E-state index contributed by atoms with van der Waals surface area (Å²) >= 11 is 1.90. The number of nitrogens with one attached hydrogen (secondary N) is 1. The number of nitrogens with two attached hydrogens (primary N) is 1. The van der Waals surface area contributed by atoms with Crippen LogP contribution in [0, 0.1) is 0 Å². The smallest absolute Gasteiger partial charge is 0.0300 e. The minimum absolute atomic E-state index is 0.0369. The maximum absolute atomic E-state index is 6.23. The Balaban J connectivity index is 2.35. The average molecular weight is 240 g/mol. The van der Waals surface area contributed by atoms with Crippen molar-refractivity contribution in [1.29, 1.82) is 0 Å². The van der Waals surface area contributed by atoms with Crippen molar-refractivity contribution in [2.75, 3.05) is 6.54 Å². The lowest BCUT2D eigenvalue weighted by atomic mass is 9.94. The highest BCUT2D eigenvalue weighted by molar-refractivity contribution is 7.11. The van der Waals surface area contributed by atoms with Crippen LogP contribution in [0.2, 0.25) is 0 Å². The summed E-state index contributed by atoms with van der Waals surface area (Å²) in [5.74, 6) is 0.